The maximum atomic E-state index is 11.3. The molecule has 2 rings (SSSR count). The van der Waals surface area contributed by atoms with Crippen molar-refractivity contribution < 1.29 is 4.79 Å². The fourth-order valence-electron chi connectivity index (χ4n) is 2.28. The van der Waals surface area contributed by atoms with Gasteiger partial charge in [-0.25, -0.2) is 0 Å². The van der Waals surface area contributed by atoms with Gasteiger partial charge >= 0.3 is 0 Å². The molecule has 0 unspecified atom stereocenters. The zero-order chi connectivity index (χ0) is 14.0. The number of nitrogens with two attached hydrogens (primary N) is 1. The van der Waals surface area contributed by atoms with Crippen LogP contribution < -0.4 is 10.6 Å². The van der Waals surface area contributed by atoms with Crippen LogP contribution in [0.3, 0.4) is 0 Å². The average molecular weight is 298 g/mol. The number of piperazine rings is 1. The lowest BCUT2D eigenvalue weighted by Crippen LogP contribution is -2.48. The summed E-state index contributed by atoms with van der Waals surface area (Å²) in [6.07, 6.45) is 0. The quantitative estimate of drug-likeness (QED) is 0.843. The molecule has 4 nitrogen and oxygen atoms in total. The van der Waals surface area contributed by atoms with Gasteiger partial charge in [0.1, 0.15) is 4.99 Å². The molecule has 0 aromatic heterocycles. The van der Waals surface area contributed by atoms with Gasteiger partial charge in [-0.05, 0) is 12.1 Å². The zero-order valence-corrected chi connectivity index (χ0v) is 12.3. The predicted octanol–water partition coefficient (Wildman–Crippen LogP) is 1.64. The van der Waals surface area contributed by atoms with Crippen LogP contribution in [0.25, 0.3) is 0 Å². The van der Waals surface area contributed by atoms with Crippen molar-refractivity contribution in [3.8, 4) is 0 Å². The van der Waals surface area contributed by atoms with E-state index in [0.29, 0.717) is 23.1 Å². The summed E-state index contributed by atoms with van der Waals surface area (Å²) >= 11 is 11.2. The number of thiocarbonyl (C=S) groups is 1. The Labute approximate surface area is 123 Å². The lowest BCUT2D eigenvalue weighted by Gasteiger charge is -2.36. The lowest BCUT2D eigenvalue weighted by molar-refractivity contribution is -0.129. The van der Waals surface area contributed by atoms with Crippen LogP contribution in [0.1, 0.15) is 12.5 Å². The molecule has 1 aliphatic rings. The van der Waals surface area contributed by atoms with Gasteiger partial charge in [0, 0.05) is 38.8 Å². The lowest BCUT2D eigenvalue weighted by atomic mass is 10.1. The third kappa shape index (κ3) is 2.98. The largest absolute Gasteiger partial charge is 0.389 e. The van der Waals surface area contributed by atoms with Crippen LogP contribution in [0, 0.1) is 0 Å². The fourth-order valence-corrected chi connectivity index (χ4v) is 2.82. The molecule has 0 aliphatic carbocycles. The molecule has 1 aromatic carbocycles. The minimum Gasteiger partial charge on any atom is -0.389 e. The van der Waals surface area contributed by atoms with E-state index in [0.717, 1.165) is 24.3 Å². The number of halogens is 1. The molecule has 1 aromatic rings. The van der Waals surface area contributed by atoms with Crippen molar-refractivity contribution >= 4 is 40.4 Å². The Morgan fingerprint density at radius 3 is 2.47 bits per heavy atom. The Morgan fingerprint density at radius 1 is 1.32 bits per heavy atom. The Hall–Kier alpha value is -1.33. The van der Waals surface area contributed by atoms with Crippen molar-refractivity contribution in [2.24, 2.45) is 5.73 Å². The normalized spacial score (nSPS) is 15.5. The van der Waals surface area contributed by atoms with Crippen molar-refractivity contribution in [2.45, 2.75) is 6.92 Å². The van der Waals surface area contributed by atoms with Crippen LogP contribution in [0.2, 0.25) is 5.02 Å². The summed E-state index contributed by atoms with van der Waals surface area (Å²) in [4.78, 5) is 15.6. The van der Waals surface area contributed by atoms with E-state index in [1.165, 1.54) is 0 Å². The highest BCUT2D eigenvalue weighted by Crippen LogP contribution is 2.28. The molecule has 1 fully saturated rings. The van der Waals surface area contributed by atoms with E-state index in [1.54, 1.807) is 13.0 Å². The van der Waals surface area contributed by atoms with Crippen LogP contribution in [0.5, 0.6) is 0 Å². The molecule has 1 aliphatic heterocycles. The number of nitrogens with zero attached hydrogens (tertiary/aromatic N) is 2. The second kappa shape index (κ2) is 5.75. The van der Waals surface area contributed by atoms with Gasteiger partial charge in [0.25, 0.3) is 0 Å². The van der Waals surface area contributed by atoms with Gasteiger partial charge in [-0.1, -0.05) is 29.9 Å². The monoisotopic (exact) mass is 297 g/mol. The molecule has 0 bridgehead atoms. The smallest absolute Gasteiger partial charge is 0.219 e. The van der Waals surface area contributed by atoms with Crippen LogP contribution in [0.15, 0.2) is 18.2 Å². The number of rotatable bonds is 2. The van der Waals surface area contributed by atoms with Gasteiger partial charge in [0.2, 0.25) is 5.91 Å². The zero-order valence-electron chi connectivity index (χ0n) is 10.7. The summed E-state index contributed by atoms with van der Waals surface area (Å²) in [5, 5.41) is 0.569. The molecule has 6 heteroatoms. The molecule has 2 N–H and O–H groups in total. The Morgan fingerprint density at radius 2 is 1.95 bits per heavy atom. The van der Waals surface area contributed by atoms with Gasteiger partial charge in [0.05, 0.1) is 10.6 Å². The van der Waals surface area contributed by atoms with E-state index in [-0.39, 0.29) is 5.91 Å². The molecule has 19 heavy (non-hydrogen) atoms. The molecule has 0 radical (unpaired) electrons. The van der Waals surface area contributed by atoms with Gasteiger partial charge in [-0.2, -0.15) is 0 Å². The Balaban J connectivity index is 2.22. The first kappa shape index (κ1) is 14.1. The first-order valence-electron chi connectivity index (χ1n) is 6.09. The average Bonchev–Trinajstić information content (AvgIpc) is 2.38. The van der Waals surface area contributed by atoms with Gasteiger partial charge in [0.15, 0.2) is 0 Å². The first-order valence-corrected chi connectivity index (χ1v) is 6.88. The summed E-state index contributed by atoms with van der Waals surface area (Å²) < 4.78 is 0. The summed E-state index contributed by atoms with van der Waals surface area (Å²) in [5.74, 6) is 0.111. The minimum absolute atomic E-state index is 0.111. The van der Waals surface area contributed by atoms with Crippen molar-refractivity contribution in [2.75, 3.05) is 31.1 Å². The van der Waals surface area contributed by atoms with Gasteiger partial charge in [-0.3, -0.25) is 4.79 Å². The van der Waals surface area contributed by atoms with E-state index >= 15 is 0 Å². The molecule has 0 saturated carbocycles. The first-order chi connectivity index (χ1) is 9.00. The fraction of sp³-hybridized carbons (Fsp3) is 0.385. The number of hydrogen-bond donors (Lipinski definition) is 1. The Bertz CT molecular complexity index is 513. The maximum Gasteiger partial charge on any atom is 0.219 e. The molecule has 1 heterocycles. The molecule has 1 saturated heterocycles. The highest BCUT2D eigenvalue weighted by Gasteiger charge is 2.22. The maximum absolute atomic E-state index is 11.3. The van der Waals surface area contributed by atoms with Crippen molar-refractivity contribution in [1.82, 2.24) is 4.90 Å². The molecular weight excluding hydrogens is 282 g/mol. The van der Waals surface area contributed by atoms with Crippen molar-refractivity contribution in [3.05, 3.63) is 28.8 Å². The van der Waals surface area contributed by atoms with Crippen molar-refractivity contribution in [3.63, 3.8) is 0 Å². The van der Waals surface area contributed by atoms with Gasteiger partial charge < -0.3 is 15.5 Å². The summed E-state index contributed by atoms with van der Waals surface area (Å²) in [6.45, 7) is 4.53. The highest BCUT2D eigenvalue weighted by atomic mass is 35.5. The third-order valence-electron chi connectivity index (χ3n) is 3.30. The number of amides is 1. The molecule has 102 valence electrons. The van der Waals surface area contributed by atoms with E-state index < -0.39 is 0 Å². The summed E-state index contributed by atoms with van der Waals surface area (Å²) in [7, 11) is 0. The standard InChI is InChI=1S/C13H16ClN3OS/c1-9(18)16-5-7-17(8-6-16)11-4-2-3-10(14)12(11)13(15)19/h2-4H,5-8H2,1H3,(H2,15,19). The second-order valence-electron chi connectivity index (χ2n) is 4.49. The van der Waals surface area contributed by atoms with Gasteiger partial charge in [-0.15, -0.1) is 0 Å². The number of hydrogen-bond acceptors (Lipinski definition) is 3. The number of benzene rings is 1. The molecule has 1 amide bonds. The number of anilines is 1. The van der Waals surface area contributed by atoms with E-state index in [4.69, 9.17) is 29.6 Å². The highest BCUT2D eigenvalue weighted by molar-refractivity contribution is 7.80. The summed E-state index contributed by atoms with van der Waals surface area (Å²) in [6, 6.07) is 5.63. The SMILES string of the molecule is CC(=O)N1CCN(c2cccc(Cl)c2C(N)=S)CC1. The molecule has 0 atom stereocenters. The third-order valence-corrected chi connectivity index (χ3v) is 3.82. The minimum atomic E-state index is 0.111. The number of carbonyl (C=O) groups excluding carboxylic acids is 1. The van der Waals surface area contributed by atoms with Crippen molar-refractivity contribution in [1.29, 1.82) is 0 Å². The molecule has 0 spiro atoms. The van der Waals surface area contributed by atoms with Crippen LogP contribution in [-0.2, 0) is 4.79 Å². The Kier molecular flexibility index (Phi) is 4.27. The van der Waals surface area contributed by atoms with Crippen LogP contribution in [-0.4, -0.2) is 42.0 Å². The number of carbonyl (C=O) groups is 1. The van der Waals surface area contributed by atoms with Crippen LogP contribution >= 0.6 is 23.8 Å². The van der Waals surface area contributed by atoms with Crippen LogP contribution in [0.4, 0.5) is 5.69 Å². The van der Waals surface area contributed by atoms with E-state index in [1.807, 2.05) is 17.0 Å². The topological polar surface area (TPSA) is 49.6 Å². The van der Waals surface area contributed by atoms with E-state index in [2.05, 4.69) is 4.90 Å². The molecular formula is C13H16ClN3OS. The second-order valence-corrected chi connectivity index (χ2v) is 5.34. The van der Waals surface area contributed by atoms with E-state index in [9.17, 15) is 4.79 Å². The summed E-state index contributed by atoms with van der Waals surface area (Å²) in [5.41, 5.74) is 7.42. The predicted molar refractivity (Wildman–Crippen MR) is 81.8 cm³/mol.